The van der Waals surface area contributed by atoms with Gasteiger partial charge in [0.05, 0.1) is 0 Å². The van der Waals surface area contributed by atoms with Crippen LogP contribution in [-0.2, 0) is 0 Å². The van der Waals surface area contributed by atoms with Crippen molar-refractivity contribution in [1.82, 2.24) is 0 Å². The number of halogens is 1. The van der Waals surface area contributed by atoms with E-state index in [-0.39, 0.29) is 0 Å². The first-order valence-corrected chi connectivity index (χ1v) is 5.98. The molecule has 0 aliphatic rings. The first-order chi connectivity index (χ1) is 5.38. The Kier molecular flexibility index (Phi) is 4.16. The Morgan fingerprint density at radius 3 is 2.91 bits per heavy atom. The van der Waals surface area contributed by atoms with E-state index in [4.69, 9.17) is 0 Å². The first kappa shape index (κ1) is 9.27. The summed E-state index contributed by atoms with van der Waals surface area (Å²) in [4.78, 5) is 1.52. The van der Waals surface area contributed by atoms with Gasteiger partial charge in [-0.3, -0.25) is 0 Å². The molecule has 2 heteroatoms. The lowest BCUT2D eigenvalue weighted by molar-refractivity contribution is 0.686. The molecule has 0 amide bonds. The van der Waals surface area contributed by atoms with Crippen molar-refractivity contribution in [3.05, 3.63) is 22.4 Å². The molecule has 0 bridgehead atoms. The van der Waals surface area contributed by atoms with Crippen molar-refractivity contribution < 1.29 is 0 Å². The second kappa shape index (κ2) is 4.94. The summed E-state index contributed by atoms with van der Waals surface area (Å²) in [5.74, 6) is 0.736. The fraction of sp³-hybridized carbons (Fsp3) is 0.556. The summed E-state index contributed by atoms with van der Waals surface area (Å²) >= 11 is 5.41. The van der Waals surface area contributed by atoms with E-state index >= 15 is 0 Å². The van der Waals surface area contributed by atoms with Gasteiger partial charge in [0.15, 0.2) is 0 Å². The molecule has 11 heavy (non-hydrogen) atoms. The van der Waals surface area contributed by atoms with Crippen molar-refractivity contribution in [2.24, 2.45) is 0 Å². The molecule has 1 rings (SSSR count). The smallest absolute Gasteiger partial charge is 0.0108 e. The SMILES string of the molecule is CCCC(CBr)c1cccs1. The molecule has 0 fully saturated rings. The number of hydrogen-bond donors (Lipinski definition) is 0. The Morgan fingerprint density at radius 1 is 1.64 bits per heavy atom. The molecule has 0 saturated carbocycles. The average Bonchev–Trinajstić information content (AvgIpc) is 2.52. The van der Waals surface area contributed by atoms with Gasteiger partial charge in [-0.1, -0.05) is 35.3 Å². The van der Waals surface area contributed by atoms with Crippen LogP contribution >= 0.6 is 27.3 Å². The zero-order valence-corrected chi connectivity index (χ0v) is 9.12. The van der Waals surface area contributed by atoms with Gasteiger partial charge in [-0.25, -0.2) is 0 Å². The van der Waals surface area contributed by atoms with Crippen LogP contribution in [0.5, 0.6) is 0 Å². The van der Waals surface area contributed by atoms with Crippen LogP contribution < -0.4 is 0 Å². The average molecular weight is 233 g/mol. The van der Waals surface area contributed by atoms with E-state index in [1.165, 1.54) is 17.7 Å². The molecule has 1 atom stereocenters. The summed E-state index contributed by atoms with van der Waals surface area (Å²) in [7, 11) is 0. The monoisotopic (exact) mass is 232 g/mol. The minimum absolute atomic E-state index is 0.736. The molecule has 62 valence electrons. The molecule has 0 aromatic carbocycles. The summed E-state index contributed by atoms with van der Waals surface area (Å²) in [6.07, 6.45) is 2.57. The third kappa shape index (κ3) is 2.60. The maximum absolute atomic E-state index is 3.54. The molecule has 0 aliphatic carbocycles. The largest absolute Gasteiger partial charge is 0.149 e. The minimum atomic E-state index is 0.736. The topological polar surface area (TPSA) is 0 Å². The minimum Gasteiger partial charge on any atom is -0.149 e. The lowest BCUT2D eigenvalue weighted by Gasteiger charge is -2.09. The fourth-order valence-electron chi connectivity index (χ4n) is 1.17. The van der Waals surface area contributed by atoms with E-state index in [2.05, 4.69) is 40.4 Å². The zero-order valence-electron chi connectivity index (χ0n) is 6.72. The standard InChI is InChI=1S/C9H13BrS/c1-2-4-8(7-10)9-5-3-6-11-9/h3,5-6,8H,2,4,7H2,1H3. The first-order valence-electron chi connectivity index (χ1n) is 3.97. The van der Waals surface area contributed by atoms with Gasteiger partial charge >= 0.3 is 0 Å². The maximum Gasteiger partial charge on any atom is 0.0108 e. The lowest BCUT2D eigenvalue weighted by Crippen LogP contribution is -1.96. The third-order valence-electron chi connectivity index (χ3n) is 1.77. The van der Waals surface area contributed by atoms with Crippen LogP contribution in [0.1, 0.15) is 30.6 Å². The van der Waals surface area contributed by atoms with Gasteiger partial charge < -0.3 is 0 Å². The molecule has 1 heterocycles. The molecule has 1 unspecified atom stereocenters. The Hall–Kier alpha value is 0.180. The number of alkyl halides is 1. The zero-order chi connectivity index (χ0) is 8.10. The van der Waals surface area contributed by atoms with Crippen molar-refractivity contribution in [3.8, 4) is 0 Å². The van der Waals surface area contributed by atoms with Crippen molar-refractivity contribution >= 4 is 27.3 Å². The highest BCUT2D eigenvalue weighted by atomic mass is 79.9. The highest BCUT2D eigenvalue weighted by Gasteiger charge is 2.08. The third-order valence-corrected chi connectivity index (χ3v) is 3.59. The Balaban J connectivity index is 2.56. The molecule has 0 aliphatic heterocycles. The molecule has 0 radical (unpaired) electrons. The van der Waals surface area contributed by atoms with Crippen molar-refractivity contribution in [2.45, 2.75) is 25.7 Å². The van der Waals surface area contributed by atoms with Gasteiger partial charge in [-0.15, -0.1) is 11.3 Å². The molecule has 0 nitrogen and oxygen atoms in total. The molecule has 1 aromatic heterocycles. The van der Waals surface area contributed by atoms with Gasteiger partial charge in [-0.05, 0) is 17.9 Å². The van der Waals surface area contributed by atoms with Gasteiger partial charge in [0.1, 0.15) is 0 Å². The van der Waals surface area contributed by atoms with Crippen molar-refractivity contribution in [2.75, 3.05) is 5.33 Å². The van der Waals surface area contributed by atoms with E-state index in [9.17, 15) is 0 Å². The number of thiophene rings is 1. The lowest BCUT2D eigenvalue weighted by atomic mass is 10.1. The van der Waals surface area contributed by atoms with E-state index < -0.39 is 0 Å². The summed E-state index contributed by atoms with van der Waals surface area (Å²) < 4.78 is 0. The second-order valence-electron chi connectivity index (χ2n) is 2.66. The highest BCUT2D eigenvalue weighted by Crippen LogP contribution is 2.26. The van der Waals surface area contributed by atoms with Crippen LogP contribution in [0.2, 0.25) is 0 Å². The van der Waals surface area contributed by atoms with E-state index in [0.29, 0.717) is 0 Å². The van der Waals surface area contributed by atoms with Gasteiger partial charge in [0.25, 0.3) is 0 Å². The van der Waals surface area contributed by atoms with Crippen LogP contribution in [0, 0.1) is 0 Å². The van der Waals surface area contributed by atoms with E-state index in [1.54, 1.807) is 0 Å². The maximum atomic E-state index is 3.54. The quantitative estimate of drug-likeness (QED) is 0.689. The summed E-state index contributed by atoms with van der Waals surface area (Å²) in [5, 5.41) is 3.25. The molecule has 0 N–H and O–H groups in total. The highest BCUT2D eigenvalue weighted by molar-refractivity contribution is 9.09. The summed E-state index contributed by atoms with van der Waals surface area (Å²) in [5.41, 5.74) is 0. The van der Waals surface area contributed by atoms with Crippen LogP contribution in [-0.4, -0.2) is 5.33 Å². The number of rotatable bonds is 4. The Morgan fingerprint density at radius 2 is 2.45 bits per heavy atom. The molecule has 0 saturated heterocycles. The Bertz CT molecular complexity index is 181. The summed E-state index contributed by atoms with van der Waals surface area (Å²) in [6, 6.07) is 4.36. The van der Waals surface area contributed by atoms with E-state index in [1.807, 2.05) is 11.3 Å². The molecule has 1 aromatic rings. The summed E-state index contributed by atoms with van der Waals surface area (Å²) in [6.45, 7) is 2.24. The van der Waals surface area contributed by atoms with Gasteiger partial charge in [0, 0.05) is 16.1 Å². The normalized spacial score (nSPS) is 13.3. The molecular formula is C9H13BrS. The van der Waals surface area contributed by atoms with Gasteiger partial charge in [0.2, 0.25) is 0 Å². The van der Waals surface area contributed by atoms with Crippen LogP contribution in [0.25, 0.3) is 0 Å². The van der Waals surface area contributed by atoms with Gasteiger partial charge in [-0.2, -0.15) is 0 Å². The van der Waals surface area contributed by atoms with Crippen LogP contribution in [0.4, 0.5) is 0 Å². The fourth-order valence-corrected chi connectivity index (χ4v) is 2.92. The Labute approximate surface area is 80.8 Å². The van der Waals surface area contributed by atoms with E-state index in [0.717, 1.165) is 11.2 Å². The molecule has 0 spiro atoms. The second-order valence-corrected chi connectivity index (χ2v) is 4.28. The van der Waals surface area contributed by atoms with Crippen molar-refractivity contribution in [3.63, 3.8) is 0 Å². The van der Waals surface area contributed by atoms with Crippen molar-refractivity contribution in [1.29, 1.82) is 0 Å². The van der Waals surface area contributed by atoms with Crippen LogP contribution in [0.15, 0.2) is 17.5 Å². The number of hydrogen-bond acceptors (Lipinski definition) is 1. The predicted molar refractivity (Wildman–Crippen MR) is 55.8 cm³/mol. The molecular weight excluding hydrogens is 220 g/mol. The predicted octanol–water partition coefficient (Wildman–Crippen LogP) is 4.03. The van der Waals surface area contributed by atoms with Crippen LogP contribution in [0.3, 0.4) is 0 Å².